The zero-order chi connectivity index (χ0) is 15.0. The van der Waals surface area contributed by atoms with E-state index >= 15 is 0 Å². The lowest BCUT2D eigenvalue weighted by Crippen LogP contribution is -2.32. The molecule has 0 heterocycles. The van der Waals surface area contributed by atoms with Crippen molar-refractivity contribution in [2.45, 2.75) is 31.1 Å². The first-order valence-corrected chi connectivity index (χ1v) is 8.08. The predicted octanol–water partition coefficient (Wildman–Crippen LogP) is 4.09. The number of rotatable bonds is 2. The highest BCUT2D eigenvalue weighted by Gasteiger charge is 2.31. The lowest BCUT2D eigenvalue weighted by atomic mass is 10.0. The molecule has 2 atom stereocenters. The minimum absolute atomic E-state index is 0.00125. The highest BCUT2D eigenvalue weighted by atomic mass is 79.9. The molecule has 0 spiro atoms. The van der Waals surface area contributed by atoms with Crippen LogP contribution in [0.15, 0.2) is 42.5 Å². The Balaban J connectivity index is 1.85. The van der Waals surface area contributed by atoms with Gasteiger partial charge in [0.15, 0.2) is 0 Å². The molecular formula is C18H18BrNO. The van der Waals surface area contributed by atoms with Crippen molar-refractivity contribution in [3.05, 3.63) is 70.3 Å². The summed E-state index contributed by atoms with van der Waals surface area (Å²) in [6, 6.07) is 14.3. The Bertz CT molecular complexity index is 695. The van der Waals surface area contributed by atoms with Gasteiger partial charge in [-0.2, -0.15) is 0 Å². The van der Waals surface area contributed by atoms with Gasteiger partial charge in [0.25, 0.3) is 5.91 Å². The van der Waals surface area contributed by atoms with Crippen molar-refractivity contribution in [2.75, 3.05) is 0 Å². The summed E-state index contributed by atoms with van der Waals surface area (Å²) in [5.41, 5.74) is 5.48. The van der Waals surface area contributed by atoms with E-state index in [4.69, 9.17) is 0 Å². The smallest absolute Gasteiger partial charge is 0.252 e. The first-order chi connectivity index (χ1) is 10.1. The van der Waals surface area contributed by atoms with Crippen molar-refractivity contribution < 1.29 is 4.79 Å². The van der Waals surface area contributed by atoms with Crippen LogP contribution in [-0.4, -0.2) is 10.7 Å². The van der Waals surface area contributed by atoms with E-state index in [9.17, 15) is 4.79 Å². The van der Waals surface area contributed by atoms with E-state index in [2.05, 4.69) is 33.4 Å². The maximum atomic E-state index is 12.6. The average Bonchev–Trinajstić information content (AvgIpc) is 2.75. The Kier molecular flexibility index (Phi) is 3.85. The number of halogens is 1. The fraction of sp³-hybridized carbons (Fsp3) is 0.278. The number of hydrogen-bond donors (Lipinski definition) is 1. The van der Waals surface area contributed by atoms with Gasteiger partial charge < -0.3 is 5.32 Å². The third kappa shape index (κ3) is 2.75. The molecule has 0 fully saturated rings. The van der Waals surface area contributed by atoms with Crippen molar-refractivity contribution in [3.8, 4) is 0 Å². The summed E-state index contributed by atoms with van der Waals surface area (Å²) in [7, 11) is 0. The van der Waals surface area contributed by atoms with Crippen LogP contribution in [0, 0.1) is 13.8 Å². The molecule has 0 bridgehead atoms. The number of carbonyl (C=O) groups excluding carboxylic acids is 1. The monoisotopic (exact) mass is 343 g/mol. The van der Waals surface area contributed by atoms with Gasteiger partial charge in [0.05, 0.1) is 6.04 Å². The Morgan fingerprint density at radius 1 is 1.19 bits per heavy atom. The van der Waals surface area contributed by atoms with Crippen LogP contribution in [0.3, 0.4) is 0 Å². The first-order valence-electron chi connectivity index (χ1n) is 7.16. The zero-order valence-electron chi connectivity index (χ0n) is 12.2. The largest absolute Gasteiger partial charge is 0.344 e. The third-order valence-electron chi connectivity index (χ3n) is 4.08. The maximum absolute atomic E-state index is 12.6. The van der Waals surface area contributed by atoms with Gasteiger partial charge in [0.1, 0.15) is 0 Å². The Labute approximate surface area is 133 Å². The highest BCUT2D eigenvalue weighted by molar-refractivity contribution is 9.09. The zero-order valence-corrected chi connectivity index (χ0v) is 13.8. The molecule has 1 amide bonds. The van der Waals surface area contributed by atoms with Crippen molar-refractivity contribution >= 4 is 21.8 Å². The number of hydrogen-bond acceptors (Lipinski definition) is 1. The molecule has 3 rings (SSSR count). The number of carbonyl (C=O) groups is 1. The van der Waals surface area contributed by atoms with E-state index in [1.807, 2.05) is 44.2 Å². The van der Waals surface area contributed by atoms with Crippen LogP contribution in [-0.2, 0) is 6.42 Å². The molecule has 1 aliphatic rings. The second-order valence-electron chi connectivity index (χ2n) is 5.69. The lowest BCUT2D eigenvalue weighted by molar-refractivity contribution is 0.0937. The average molecular weight is 344 g/mol. The van der Waals surface area contributed by atoms with Gasteiger partial charge >= 0.3 is 0 Å². The molecule has 2 nitrogen and oxygen atoms in total. The quantitative estimate of drug-likeness (QED) is 0.817. The van der Waals surface area contributed by atoms with Crippen LogP contribution in [0.25, 0.3) is 0 Å². The fourth-order valence-corrected chi connectivity index (χ4v) is 3.77. The van der Waals surface area contributed by atoms with Crippen LogP contribution in [0.1, 0.15) is 38.7 Å². The number of benzene rings is 2. The second kappa shape index (κ2) is 5.64. The third-order valence-corrected chi connectivity index (χ3v) is 4.93. The van der Waals surface area contributed by atoms with Crippen molar-refractivity contribution in [1.29, 1.82) is 0 Å². The molecule has 2 aromatic carbocycles. The highest BCUT2D eigenvalue weighted by Crippen LogP contribution is 2.35. The molecule has 0 saturated carbocycles. The van der Waals surface area contributed by atoms with Gasteiger partial charge in [0.2, 0.25) is 0 Å². The number of fused-ring (bicyclic) bond motifs is 1. The van der Waals surface area contributed by atoms with Gasteiger partial charge in [-0.25, -0.2) is 0 Å². The molecule has 0 saturated heterocycles. The number of alkyl halides is 1. The van der Waals surface area contributed by atoms with Gasteiger partial charge in [-0.15, -0.1) is 0 Å². The van der Waals surface area contributed by atoms with Crippen LogP contribution >= 0.6 is 15.9 Å². The van der Waals surface area contributed by atoms with E-state index in [0.29, 0.717) is 0 Å². The molecule has 2 unspecified atom stereocenters. The molecule has 1 N–H and O–H groups in total. The lowest BCUT2D eigenvalue weighted by Gasteiger charge is -2.18. The summed E-state index contributed by atoms with van der Waals surface area (Å²) in [6.07, 6.45) is 0.952. The summed E-state index contributed by atoms with van der Waals surface area (Å²) < 4.78 is 0. The minimum Gasteiger partial charge on any atom is -0.344 e. The van der Waals surface area contributed by atoms with E-state index in [1.54, 1.807) is 0 Å². The summed E-state index contributed by atoms with van der Waals surface area (Å²) in [5.74, 6) is -0.00125. The molecule has 0 radical (unpaired) electrons. The normalized spacial score (nSPS) is 20.1. The molecule has 21 heavy (non-hydrogen) atoms. The fourth-order valence-electron chi connectivity index (χ4n) is 3.00. The molecule has 2 aromatic rings. The molecular weight excluding hydrogens is 326 g/mol. The molecule has 1 aliphatic carbocycles. The minimum atomic E-state index is -0.00125. The van der Waals surface area contributed by atoms with Crippen LogP contribution in [0.4, 0.5) is 0 Å². The van der Waals surface area contributed by atoms with Crippen molar-refractivity contribution in [3.63, 3.8) is 0 Å². The summed E-state index contributed by atoms with van der Waals surface area (Å²) in [5, 5.41) is 3.18. The van der Waals surface area contributed by atoms with Gasteiger partial charge in [0, 0.05) is 10.4 Å². The second-order valence-corrected chi connectivity index (χ2v) is 6.86. The topological polar surface area (TPSA) is 29.1 Å². The molecule has 108 valence electrons. The summed E-state index contributed by atoms with van der Waals surface area (Å²) in [4.78, 5) is 12.8. The van der Waals surface area contributed by atoms with Gasteiger partial charge in [-0.3, -0.25) is 4.79 Å². The van der Waals surface area contributed by atoms with Crippen molar-refractivity contribution in [2.24, 2.45) is 0 Å². The number of aryl methyl sites for hydroxylation is 2. The Morgan fingerprint density at radius 3 is 2.71 bits per heavy atom. The van der Waals surface area contributed by atoms with Crippen LogP contribution in [0.2, 0.25) is 0 Å². The number of amides is 1. The number of nitrogens with one attached hydrogen (secondary N) is 1. The maximum Gasteiger partial charge on any atom is 0.252 e. The summed E-state index contributed by atoms with van der Waals surface area (Å²) >= 11 is 3.70. The van der Waals surface area contributed by atoms with E-state index in [-0.39, 0.29) is 16.8 Å². The van der Waals surface area contributed by atoms with E-state index in [1.165, 1.54) is 16.7 Å². The standard InChI is InChI=1S/C18H18BrNO/c1-11-7-8-14(12(2)9-11)18(21)20-17-15-6-4-3-5-13(15)10-16(17)19/h3-9,16-17H,10H2,1-2H3,(H,20,21). The van der Waals surface area contributed by atoms with Gasteiger partial charge in [-0.1, -0.05) is 57.9 Å². The molecule has 0 aromatic heterocycles. The molecule has 3 heteroatoms. The Morgan fingerprint density at radius 2 is 1.95 bits per heavy atom. The van der Waals surface area contributed by atoms with Crippen LogP contribution < -0.4 is 5.32 Å². The van der Waals surface area contributed by atoms with E-state index in [0.717, 1.165) is 17.5 Å². The Hall–Kier alpha value is -1.61. The summed E-state index contributed by atoms with van der Waals surface area (Å²) in [6.45, 7) is 4.02. The molecule has 0 aliphatic heterocycles. The van der Waals surface area contributed by atoms with E-state index < -0.39 is 0 Å². The van der Waals surface area contributed by atoms with Crippen molar-refractivity contribution in [1.82, 2.24) is 5.32 Å². The predicted molar refractivity (Wildman–Crippen MR) is 89.0 cm³/mol. The van der Waals surface area contributed by atoms with Crippen LogP contribution in [0.5, 0.6) is 0 Å². The van der Waals surface area contributed by atoms with Gasteiger partial charge in [-0.05, 0) is 43.0 Å². The first kappa shape index (κ1) is 14.3. The SMILES string of the molecule is Cc1ccc(C(=O)NC2c3ccccc3CC2Br)c(C)c1.